The van der Waals surface area contributed by atoms with E-state index in [9.17, 15) is 9.59 Å². The Kier molecular flexibility index (Phi) is 9.77. The summed E-state index contributed by atoms with van der Waals surface area (Å²) in [6.07, 6.45) is 12.4. The van der Waals surface area contributed by atoms with Crippen molar-refractivity contribution in [1.29, 1.82) is 0 Å². The predicted octanol–water partition coefficient (Wildman–Crippen LogP) is 2.81. The van der Waals surface area contributed by atoms with Crippen LogP contribution in [0.1, 0.15) is 58.3 Å². The third-order valence-corrected chi connectivity index (χ3v) is 7.98. The van der Waals surface area contributed by atoms with Gasteiger partial charge in [-0.2, -0.15) is 5.10 Å². The van der Waals surface area contributed by atoms with Crippen molar-refractivity contribution < 1.29 is 9.59 Å². The first-order chi connectivity index (χ1) is 18.8. The molecular weight excluding hydrogens is 496 g/mol. The van der Waals surface area contributed by atoms with Crippen molar-refractivity contribution in [2.45, 2.75) is 64.3 Å². The Balaban J connectivity index is 0.000000181. The number of pyridine rings is 1. The monoisotopic (exact) mass is 536 g/mol. The number of rotatable bonds is 6. The number of carbonyl (C=O) groups excluding carboxylic acids is 2. The summed E-state index contributed by atoms with van der Waals surface area (Å²) >= 11 is 0. The summed E-state index contributed by atoms with van der Waals surface area (Å²) in [5, 5.41) is 13.2. The highest BCUT2D eigenvalue weighted by Gasteiger charge is 2.28. The van der Waals surface area contributed by atoms with Crippen LogP contribution in [0.4, 0.5) is 17.3 Å². The third kappa shape index (κ3) is 7.70. The summed E-state index contributed by atoms with van der Waals surface area (Å²) < 4.78 is 0. The molecule has 210 valence electrons. The van der Waals surface area contributed by atoms with Crippen molar-refractivity contribution in [3.63, 3.8) is 0 Å². The van der Waals surface area contributed by atoms with Crippen LogP contribution in [0.15, 0.2) is 30.9 Å². The molecule has 1 atom stereocenters. The van der Waals surface area contributed by atoms with Crippen LogP contribution in [-0.4, -0.2) is 49.6 Å². The number of hydrogen-bond donors (Lipinski definition) is 6. The molecule has 2 aliphatic carbocycles. The quantitative estimate of drug-likeness (QED) is 0.274. The zero-order valence-corrected chi connectivity index (χ0v) is 22.5. The second-order valence-electron chi connectivity index (χ2n) is 10.7. The Morgan fingerprint density at radius 2 is 1.67 bits per heavy atom. The summed E-state index contributed by atoms with van der Waals surface area (Å²) in [6.45, 7) is 2.76. The van der Waals surface area contributed by atoms with E-state index in [-0.39, 0.29) is 29.7 Å². The van der Waals surface area contributed by atoms with Gasteiger partial charge in [0.1, 0.15) is 18.0 Å². The lowest BCUT2D eigenvalue weighted by atomic mass is 9.79. The topological polar surface area (TPSA) is 204 Å². The molecule has 5 rings (SSSR count). The molecule has 0 saturated heterocycles. The second-order valence-corrected chi connectivity index (χ2v) is 10.7. The van der Waals surface area contributed by atoms with Gasteiger partial charge in [0.25, 0.3) is 0 Å². The van der Waals surface area contributed by atoms with Crippen molar-refractivity contribution >= 4 is 40.2 Å². The fourth-order valence-corrected chi connectivity index (χ4v) is 5.42. The highest BCUT2D eigenvalue weighted by molar-refractivity contribution is 5.99. The highest BCUT2D eigenvalue weighted by Crippen LogP contribution is 2.31. The molecule has 0 bridgehead atoms. The molecule has 12 heteroatoms. The van der Waals surface area contributed by atoms with E-state index in [0.29, 0.717) is 34.8 Å². The van der Waals surface area contributed by atoms with Gasteiger partial charge in [-0.1, -0.05) is 0 Å². The molecule has 1 unspecified atom stereocenters. The van der Waals surface area contributed by atoms with Gasteiger partial charge >= 0.3 is 0 Å². The maximum absolute atomic E-state index is 12.3. The number of nitrogen functional groups attached to an aromatic ring is 1. The maximum atomic E-state index is 12.3. The lowest BCUT2D eigenvalue weighted by Gasteiger charge is -2.29. The van der Waals surface area contributed by atoms with Crippen molar-refractivity contribution in [3.05, 3.63) is 30.9 Å². The molecule has 39 heavy (non-hydrogen) atoms. The Bertz CT molecular complexity index is 1230. The molecule has 0 spiro atoms. The predicted molar refractivity (Wildman–Crippen MR) is 151 cm³/mol. The van der Waals surface area contributed by atoms with Gasteiger partial charge in [-0.15, -0.1) is 0 Å². The number of anilines is 3. The molecule has 3 aromatic heterocycles. The summed E-state index contributed by atoms with van der Waals surface area (Å²) in [7, 11) is 0. The standard InChI is InChI=1S/C14H22N4O.C13H18N6O/c1-9(15)10-2-4-11(5-3-10)14(19)18-12-6-7-17-13(16)8-12;14-5-8-1-3-9(4-2-8)13(20)18-11-10-6-17-19-12(10)16-7-15-11/h6-11H,2-5,15H2,1H3,(H3,16,17,18,19);6-9H,1-5,14H2,(H2,15,16,17,18,19,20). The van der Waals surface area contributed by atoms with Gasteiger partial charge in [-0.25, -0.2) is 15.0 Å². The molecule has 9 N–H and O–H groups in total. The number of aromatic nitrogens is 5. The van der Waals surface area contributed by atoms with Crippen LogP contribution in [-0.2, 0) is 9.59 Å². The number of fused-ring (bicyclic) bond motifs is 1. The first-order valence-corrected chi connectivity index (χ1v) is 13.8. The summed E-state index contributed by atoms with van der Waals surface area (Å²) in [5.74, 6) is 2.31. The van der Waals surface area contributed by atoms with Crippen molar-refractivity contribution in [3.8, 4) is 0 Å². The summed E-state index contributed by atoms with van der Waals surface area (Å²) in [4.78, 5) is 36.5. The van der Waals surface area contributed by atoms with E-state index in [0.717, 1.165) is 63.3 Å². The van der Waals surface area contributed by atoms with Crippen LogP contribution < -0.4 is 27.8 Å². The Labute approximate surface area is 228 Å². The van der Waals surface area contributed by atoms with Gasteiger partial charge in [0.2, 0.25) is 11.8 Å². The molecule has 2 saturated carbocycles. The second kappa shape index (κ2) is 13.4. The first kappa shape index (κ1) is 28.4. The van der Waals surface area contributed by atoms with Crippen LogP contribution >= 0.6 is 0 Å². The Hall–Kier alpha value is -3.64. The molecule has 0 radical (unpaired) electrons. The number of nitrogens with one attached hydrogen (secondary N) is 3. The molecule has 2 aliphatic rings. The average Bonchev–Trinajstić information content (AvgIpc) is 3.44. The van der Waals surface area contributed by atoms with Crippen LogP contribution in [0.25, 0.3) is 11.0 Å². The molecule has 12 nitrogen and oxygen atoms in total. The smallest absolute Gasteiger partial charge is 0.228 e. The van der Waals surface area contributed by atoms with Crippen LogP contribution in [0.5, 0.6) is 0 Å². The van der Waals surface area contributed by atoms with E-state index in [1.54, 1.807) is 24.5 Å². The minimum Gasteiger partial charge on any atom is -0.384 e. The molecule has 3 heterocycles. The summed E-state index contributed by atoms with van der Waals surface area (Å²) in [5.41, 5.74) is 18.5. The van der Waals surface area contributed by atoms with Gasteiger partial charge in [-0.3, -0.25) is 14.7 Å². The Morgan fingerprint density at radius 1 is 1.00 bits per heavy atom. The first-order valence-electron chi connectivity index (χ1n) is 13.8. The van der Waals surface area contributed by atoms with Crippen molar-refractivity contribution in [2.24, 2.45) is 35.1 Å². The van der Waals surface area contributed by atoms with E-state index in [1.807, 2.05) is 6.92 Å². The number of carbonyl (C=O) groups is 2. The maximum Gasteiger partial charge on any atom is 0.228 e. The molecule has 3 aromatic rings. The van der Waals surface area contributed by atoms with Gasteiger partial charge in [0.15, 0.2) is 5.65 Å². The zero-order chi connectivity index (χ0) is 27.8. The van der Waals surface area contributed by atoms with Crippen LogP contribution in [0.2, 0.25) is 0 Å². The molecule has 0 aliphatic heterocycles. The number of nitrogens with zero attached hydrogens (tertiary/aromatic N) is 4. The number of nitrogens with two attached hydrogens (primary N) is 3. The fraction of sp³-hybridized carbons (Fsp3) is 0.556. The lowest BCUT2D eigenvalue weighted by molar-refractivity contribution is -0.121. The molecular formula is C27H40N10O2. The van der Waals surface area contributed by atoms with E-state index in [4.69, 9.17) is 17.2 Å². The highest BCUT2D eigenvalue weighted by atomic mass is 16.2. The molecule has 2 fully saturated rings. The minimum absolute atomic E-state index is 0.0293. The van der Waals surface area contributed by atoms with E-state index < -0.39 is 0 Å². The van der Waals surface area contributed by atoms with Crippen molar-refractivity contribution in [1.82, 2.24) is 25.1 Å². The third-order valence-electron chi connectivity index (χ3n) is 7.98. The zero-order valence-electron chi connectivity index (χ0n) is 22.5. The van der Waals surface area contributed by atoms with E-state index in [2.05, 4.69) is 35.8 Å². The fourth-order valence-electron chi connectivity index (χ4n) is 5.42. The summed E-state index contributed by atoms with van der Waals surface area (Å²) in [6, 6.07) is 3.65. The lowest BCUT2D eigenvalue weighted by Crippen LogP contribution is -2.33. The van der Waals surface area contributed by atoms with E-state index in [1.165, 1.54) is 6.33 Å². The van der Waals surface area contributed by atoms with E-state index >= 15 is 0 Å². The molecule has 2 amide bonds. The Morgan fingerprint density at radius 3 is 2.31 bits per heavy atom. The van der Waals surface area contributed by atoms with Crippen LogP contribution in [0, 0.1) is 23.7 Å². The number of hydrogen-bond acceptors (Lipinski definition) is 9. The number of H-pyrrole nitrogens is 1. The van der Waals surface area contributed by atoms with Gasteiger partial charge in [0.05, 0.1) is 11.6 Å². The minimum atomic E-state index is 0.0293. The van der Waals surface area contributed by atoms with Gasteiger partial charge < -0.3 is 27.8 Å². The van der Waals surface area contributed by atoms with Crippen LogP contribution in [0.3, 0.4) is 0 Å². The average molecular weight is 537 g/mol. The SMILES string of the molecule is CC(N)C1CCC(C(=O)Nc2ccnc(N)c2)CC1.NCC1CCC(C(=O)Nc2ncnc3[nH]ncc23)CC1. The number of amides is 2. The normalized spacial score (nSPS) is 23.8. The number of aromatic amines is 1. The van der Waals surface area contributed by atoms with Gasteiger partial charge in [0, 0.05) is 35.8 Å². The largest absolute Gasteiger partial charge is 0.384 e. The molecule has 0 aromatic carbocycles. The van der Waals surface area contributed by atoms with Gasteiger partial charge in [-0.05, 0) is 82.7 Å². The van der Waals surface area contributed by atoms with Crippen molar-refractivity contribution in [2.75, 3.05) is 22.9 Å².